The second-order valence-electron chi connectivity index (χ2n) is 3.69. The summed E-state index contributed by atoms with van der Waals surface area (Å²) in [4.78, 5) is 0. The van der Waals surface area contributed by atoms with E-state index in [0.29, 0.717) is 12.4 Å². The molecule has 0 amide bonds. The fourth-order valence-electron chi connectivity index (χ4n) is 1.59. The Morgan fingerprint density at radius 2 is 2.15 bits per heavy atom. The minimum absolute atomic E-state index is 0.0926. The van der Waals surface area contributed by atoms with Crippen molar-refractivity contribution in [3.8, 4) is 0 Å². The van der Waals surface area contributed by atoms with E-state index in [4.69, 9.17) is 18.9 Å². The highest BCUT2D eigenvalue weighted by molar-refractivity contribution is 5.02. The summed E-state index contributed by atoms with van der Waals surface area (Å²) in [6, 6.07) is 0. The molecule has 4 heteroatoms. The van der Waals surface area contributed by atoms with Crippen LogP contribution in [0.5, 0.6) is 0 Å². The van der Waals surface area contributed by atoms with Crippen molar-refractivity contribution in [3.05, 3.63) is 12.3 Å². The standard InChI is InChI=1S/C9H14O4/c1-6-8-7(4-10-5-11-6)12-9(2,3)13-8/h7-8H,1,4-5H2,2-3H3. The number of hydrogen-bond donors (Lipinski definition) is 0. The van der Waals surface area contributed by atoms with Gasteiger partial charge in [0.2, 0.25) is 0 Å². The Bertz CT molecular complexity index is 224. The Morgan fingerprint density at radius 1 is 1.38 bits per heavy atom. The predicted octanol–water partition coefficient (Wildman–Crippen LogP) is 1.02. The highest BCUT2D eigenvalue weighted by atomic mass is 16.8. The molecule has 2 fully saturated rings. The molecule has 2 rings (SSSR count). The number of hydrogen-bond acceptors (Lipinski definition) is 4. The smallest absolute Gasteiger partial charge is 0.188 e. The molecule has 4 nitrogen and oxygen atoms in total. The Labute approximate surface area is 77.4 Å². The maximum atomic E-state index is 5.62. The summed E-state index contributed by atoms with van der Waals surface area (Å²) in [6.45, 7) is 8.24. The quantitative estimate of drug-likeness (QED) is 0.566. The zero-order chi connectivity index (χ0) is 9.47. The van der Waals surface area contributed by atoms with Gasteiger partial charge in [-0.05, 0) is 13.8 Å². The summed E-state index contributed by atoms with van der Waals surface area (Å²) in [7, 11) is 0. The van der Waals surface area contributed by atoms with Crippen molar-refractivity contribution in [1.29, 1.82) is 0 Å². The first-order chi connectivity index (χ1) is 6.08. The zero-order valence-electron chi connectivity index (χ0n) is 7.91. The predicted molar refractivity (Wildman–Crippen MR) is 44.9 cm³/mol. The highest BCUT2D eigenvalue weighted by Crippen LogP contribution is 2.33. The fourth-order valence-corrected chi connectivity index (χ4v) is 1.59. The van der Waals surface area contributed by atoms with Crippen molar-refractivity contribution >= 4 is 0 Å². The third-order valence-electron chi connectivity index (χ3n) is 2.11. The summed E-state index contributed by atoms with van der Waals surface area (Å²) in [5.74, 6) is 0.0237. The van der Waals surface area contributed by atoms with E-state index >= 15 is 0 Å². The number of ether oxygens (including phenoxy) is 4. The average Bonchev–Trinajstić information content (AvgIpc) is 2.26. The molecule has 0 saturated carbocycles. The molecule has 0 radical (unpaired) electrons. The van der Waals surface area contributed by atoms with Crippen LogP contribution in [0.4, 0.5) is 0 Å². The third-order valence-corrected chi connectivity index (χ3v) is 2.11. The lowest BCUT2D eigenvalue weighted by atomic mass is 10.2. The first-order valence-electron chi connectivity index (χ1n) is 4.33. The molecular formula is C9H14O4. The van der Waals surface area contributed by atoms with Crippen LogP contribution in [0.25, 0.3) is 0 Å². The van der Waals surface area contributed by atoms with Crippen LogP contribution in [-0.2, 0) is 18.9 Å². The topological polar surface area (TPSA) is 36.9 Å². The van der Waals surface area contributed by atoms with Gasteiger partial charge in [0.1, 0.15) is 18.0 Å². The molecule has 2 unspecified atom stereocenters. The van der Waals surface area contributed by atoms with Crippen LogP contribution >= 0.6 is 0 Å². The molecule has 0 aromatic carbocycles. The number of fused-ring (bicyclic) bond motifs is 1. The first-order valence-corrected chi connectivity index (χ1v) is 4.33. The van der Waals surface area contributed by atoms with E-state index in [1.54, 1.807) is 0 Å². The van der Waals surface area contributed by atoms with Crippen molar-refractivity contribution in [3.63, 3.8) is 0 Å². The van der Waals surface area contributed by atoms with Crippen molar-refractivity contribution in [2.75, 3.05) is 13.4 Å². The Kier molecular flexibility index (Phi) is 2.06. The van der Waals surface area contributed by atoms with E-state index < -0.39 is 5.79 Å². The summed E-state index contributed by atoms with van der Waals surface area (Å²) >= 11 is 0. The minimum Gasteiger partial charge on any atom is -0.470 e. The van der Waals surface area contributed by atoms with Crippen LogP contribution in [0.15, 0.2) is 12.3 Å². The van der Waals surface area contributed by atoms with Gasteiger partial charge in [-0.15, -0.1) is 0 Å². The van der Waals surface area contributed by atoms with E-state index in [1.807, 2.05) is 13.8 Å². The van der Waals surface area contributed by atoms with Gasteiger partial charge in [-0.2, -0.15) is 0 Å². The van der Waals surface area contributed by atoms with Crippen LogP contribution in [0.3, 0.4) is 0 Å². The van der Waals surface area contributed by atoms with Crippen molar-refractivity contribution in [1.82, 2.24) is 0 Å². The molecule has 0 spiro atoms. The maximum absolute atomic E-state index is 5.62. The molecule has 13 heavy (non-hydrogen) atoms. The molecule has 0 aromatic rings. The van der Waals surface area contributed by atoms with Crippen molar-refractivity contribution in [2.24, 2.45) is 0 Å². The third kappa shape index (κ3) is 1.70. The summed E-state index contributed by atoms with van der Waals surface area (Å²) in [5, 5.41) is 0. The Morgan fingerprint density at radius 3 is 2.92 bits per heavy atom. The van der Waals surface area contributed by atoms with Gasteiger partial charge in [-0.3, -0.25) is 0 Å². The van der Waals surface area contributed by atoms with E-state index in [9.17, 15) is 0 Å². The lowest BCUT2D eigenvalue weighted by Gasteiger charge is -2.18. The molecule has 2 aliphatic rings. The van der Waals surface area contributed by atoms with E-state index in [2.05, 4.69) is 6.58 Å². The average molecular weight is 186 g/mol. The van der Waals surface area contributed by atoms with Crippen LogP contribution in [0.2, 0.25) is 0 Å². The highest BCUT2D eigenvalue weighted by Gasteiger charge is 2.44. The van der Waals surface area contributed by atoms with Crippen LogP contribution in [0, 0.1) is 0 Å². The molecule has 0 aromatic heterocycles. The molecule has 2 heterocycles. The van der Waals surface area contributed by atoms with Crippen LogP contribution in [-0.4, -0.2) is 31.4 Å². The lowest BCUT2D eigenvalue weighted by molar-refractivity contribution is -0.162. The first kappa shape index (κ1) is 8.99. The van der Waals surface area contributed by atoms with Gasteiger partial charge < -0.3 is 18.9 Å². The second-order valence-corrected chi connectivity index (χ2v) is 3.69. The largest absolute Gasteiger partial charge is 0.470 e. The fraction of sp³-hybridized carbons (Fsp3) is 0.778. The molecule has 0 bridgehead atoms. The summed E-state index contributed by atoms with van der Waals surface area (Å²) in [5.41, 5.74) is 0. The molecule has 74 valence electrons. The van der Waals surface area contributed by atoms with Gasteiger partial charge in [0.25, 0.3) is 0 Å². The van der Waals surface area contributed by atoms with Gasteiger partial charge in [0, 0.05) is 0 Å². The monoisotopic (exact) mass is 186 g/mol. The summed E-state index contributed by atoms with van der Waals surface area (Å²) < 4.78 is 21.6. The van der Waals surface area contributed by atoms with Crippen molar-refractivity contribution in [2.45, 2.75) is 31.8 Å². The van der Waals surface area contributed by atoms with E-state index in [-0.39, 0.29) is 19.0 Å². The van der Waals surface area contributed by atoms with Crippen molar-refractivity contribution < 1.29 is 18.9 Å². The lowest BCUT2D eigenvalue weighted by Crippen LogP contribution is -2.26. The second kappa shape index (κ2) is 2.97. The molecule has 2 atom stereocenters. The van der Waals surface area contributed by atoms with Gasteiger partial charge in [0.15, 0.2) is 12.6 Å². The van der Waals surface area contributed by atoms with Gasteiger partial charge in [0.05, 0.1) is 6.61 Å². The molecule has 0 aliphatic carbocycles. The molecule has 0 N–H and O–H groups in total. The SMILES string of the molecule is C=C1OCOCC2OC(C)(C)OC12. The Balaban J connectivity index is 2.14. The molecule has 2 aliphatic heterocycles. The zero-order valence-corrected chi connectivity index (χ0v) is 7.91. The van der Waals surface area contributed by atoms with E-state index in [1.165, 1.54) is 0 Å². The summed E-state index contributed by atoms with van der Waals surface area (Å²) in [6.07, 6.45) is -0.289. The number of rotatable bonds is 0. The maximum Gasteiger partial charge on any atom is 0.188 e. The molecular weight excluding hydrogens is 172 g/mol. The Hall–Kier alpha value is -0.580. The molecule has 2 saturated heterocycles. The van der Waals surface area contributed by atoms with E-state index in [0.717, 1.165) is 0 Å². The minimum atomic E-state index is -0.567. The van der Waals surface area contributed by atoms with Crippen LogP contribution < -0.4 is 0 Å². The normalized spacial score (nSPS) is 37.8. The van der Waals surface area contributed by atoms with Crippen LogP contribution in [0.1, 0.15) is 13.8 Å². The van der Waals surface area contributed by atoms with Gasteiger partial charge in [-0.25, -0.2) is 0 Å². The van der Waals surface area contributed by atoms with Gasteiger partial charge >= 0.3 is 0 Å². The van der Waals surface area contributed by atoms with Gasteiger partial charge in [-0.1, -0.05) is 6.58 Å².